The van der Waals surface area contributed by atoms with Crippen molar-refractivity contribution in [3.63, 3.8) is 0 Å². The summed E-state index contributed by atoms with van der Waals surface area (Å²) in [4.78, 5) is 25.7. The van der Waals surface area contributed by atoms with Crippen molar-refractivity contribution in [3.8, 4) is 12.3 Å². The van der Waals surface area contributed by atoms with Crippen LogP contribution >= 0.6 is 0 Å². The predicted molar refractivity (Wildman–Crippen MR) is 105 cm³/mol. The normalized spacial score (nSPS) is 26.1. The van der Waals surface area contributed by atoms with Crippen LogP contribution in [-0.2, 0) is 9.59 Å². The van der Waals surface area contributed by atoms with Crippen LogP contribution in [0.2, 0.25) is 0 Å². The molecule has 0 aromatic rings. The van der Waals surface area contributed by atoms with Crippen LogP contribution in [0.5, 0.6) is 0 Å². The van der Waals surface area contributed by atoms with Crippen LogP contribution in [0.25, 0.3) is 0 Å². The highest BCUT2D eigenvalue weighted by molar-refractivity contribution is 5.90. The van der Waals surface area contributed by atoms with E-state index in [9.17, 15) is 9.59 Å². The maximum atomic E-state index is 13.0. The highest BCUT2D eigenvalue weighted by atomic mass is 16.1. The van der Waals surface area contributed by atoms with Crippen molar-refractivity contribution >= 4 is 11.6 Å². The molecule has 0 N–H and O–H groups in total. The van der Waals surface area contributed by atoms with Crippen molar-refractivity contribution in [2.45, 2.75) is 91.9 Å². The Kier molecular flexibility index (Phi) is 8.63. The van der Waals surface area contributed by atoms with E-state index in [1.54, 1.807) is 0 Å². The lowest BCUT2D eigenvalue weighted by Gasteiger charge is -2.33. The van der Waals surface area contributed by atoms with Crippen molar-refractivity contribution in [3.05, 3.63) is 12.2 Å². The van der Waals surface area contributed by atoms with Crippen LogP contribution in [0.3, 0.4) is 0 Å². The molecule has 2 heteroatoms. The molecule has 1 rings (SSSR count). The van der Waals surface area contributed by atoms with E-state index in [0.29, 0.717) is 19.3 Å². The molecule has 0 aliphatic heterocycles. The summed E-state index contributed by atoms with van der Waals surface area (Å²) in [6.45, 7) is 8.05. The third-order valence-electron chi connectivity index (χ3n) is 5.57. The van der Waals surface area contributed by atoms with E-state index in [1.165, 1.54) is 0 Å². The van der Waals surface area contributed by atoms with Crippen molar-refractivity contribution in [1.82, 2.24) is 0 Å². The first-order valence-electron chi connectivity index (χ1n) is 9.87. The maximum absolute atomic E-state index is 13.0. The summed E-state index contributed by atoms with van der Waals surface area (Å²) in [5, 5.41) is 0. The van der Waals surface area contributed by atoms with E-state index < -0.39 is 5.41 Å². The third kappa shape index (κ3) is 7.18. The SMILES string of the molecule is C#CCC1CCCCCC=CCCC(C)(C)C(=O)C(C)(C)CCC1=O. The molecule has 0 aromatic heterocycles. The fraction of sp³-hybridized carbons (Fsp3) is 0.739. The van der Waals surface area contributed by atoms with E-state index in [2.05, 4.69) is 18.1 Å². The second kappa shape index (κ2) is 9.95. The Morgan fingerprint density at radius 3 is 2.32 bits per heavy atom. The molecule has 0 saturated heterocycles. The van der Waals surface area contributed by atoms with Gasteiger partial charge in [-0.25, -0.2) is 0 Å². The fourth-order valence-electron chi connectivity index (χ4n) is 3.81. The molecule has 0 aromatic carbocycles. The summed E-state index contributed by atoms with van der Waals surface area (Å²) in [7, 11) is 0. The van der Waals surface area contributed by atoms with E-state index in [4.69, 9.17) is 6.42 Å². The molecular formula is C23H36O2. The largest absolute Gasteiger partial charge is 0.299 e. The highest BCUT2D eigenvalue weighted by Gasteiger charge is 2.38. The lowest BCUT2D eigenvalue weighted by atomic mass is 9.69. The second-order valence-electron chi connectivity index (χ2n) is 8.82. The maximum Gasteiger partial charge on any atom is 0.144 e. The third-order valence-corrected chi connectivity index (χ3v) is 5.57. The van der Waals surface area contributed by atoms with Crippen molar-refractivity contribution < 1.29 is 9.59 Å². The van der Waals surface area contributed by atoms with Gasteiger partial charge in [-0.2, -0.15) is 0 Å². The molecule has 0 saturated carbocycles. The first kappa shape index (κ1) is 21.7. The van der Waals surface area contributed by atoms with Crippen LogP contribution in [0, 0.1) is 29.1 Å². The Balaban J connectivity index is 2.89. The van der Waals surface area contributed by atoms with Gasteiger partial charge in [0, 0.05) is 29.6 Å². The number of rotatable bonds is 1. The monoisotopic (exact) mass is 344 g/mol. The summed E-state index contributed by atoms with van der Waals surface area (Å²) in [5.74, 6) is 3.13. The lowest BCUT2D eigenvalue weighted by molar-refractivity contribution is -0.137. The van der Waals surface area contributed by atoms with Crippen LogP contribution in [0.4, 0.5) is 0 Å². The minimum absolute atomic E-state index is 0.0349. The number of Topliss-reactive ketones (excluding diaryl/α,β-unsaturated/α-hetero) is 2. The number of allylic oxidation sites excluding steroid dienone is 2. The fourth-order valence-corrected chi connectivity index (χ4v) is 3.81. The molecule has 2 nitrogen and oxygen atoms in total. The summed E-state index contributed by atoms with van der Waals surface area (Å²) < 4.78 is 0. The Morgan fingerprint density at radius 2 is 1.64 bits per heavy atom. The minimum atomic E-state index is -0.472. The van der Waals surface area contributed by atoms with E-state index in [1.807, 2.05) is 27.7 Å². The second-order valence-corrected chi connectivity index (χ2v) is 8.82. The molecule has 0 heterocycles. The van der Waals surface area contributed by atoms with Crippen LogP contribution in [0.1, 0.15) is 91.9 Å². The van der Waals surface area contributed by atoms with Gasteiger partial charge in [-0.3, -0.25) is 9.59 Å². The van der Waals surface area contributed by atoms with Crippen LogP contribution in [0.15, 0.2) is 12.2 Å². The molecule has 0 bridgehead atoms. The molecule has 0 spiro atoms. The molecule has 1 atom stereocenters. The lowest BCUT2D eigenvalue weighted by Crippen LogP contribution is -2.37. The smallest absolute Gasteiger partial charge is 0.144 e. The first-order chi connectivity index (χ1) is 11.7. The standard InChI is InChI=1S/C23H36O2/c1-6-14-19-15-12-10-8-7-9-11-13-17-22(2,3)21(25)23(4,5)18-16-20(19)24/h1,9,11,19H,7-8,10,12-18H2,2-5H3. The summed E-state index contributed by atoms with van der Waals surface area (Å²) in [5.41, 5.74) is -0.827. The molecular weight excluding hydrogens is 308 g/mol. The van der Waals surface area contributed by atoms with Crippen molar-refractivity contribution in [1.29, 1.82) is 0 Å². The van der Waals surface area contributed by atoms with Crippen LogP contribution in [-0.4, -0.2) is 11.6 Å². The number of carbonyl (C=O) groups excluding carboxylic acids is 2. The summed E-state index contributed by atoms with van der Waals surface area (Å²) >= 11 is 0. The van der Waals surface area contributed by atoms with Gasteiger partial charge in [-0.15, -0.1) is 12.3 Å². The number of carbonyl (C=O) groups is 2. The summed E-state index contributed by atoms with van der Waals surface area (Å²) in [6.07, 6.45) is 18.6. The van der Waals surface area contributed by atoms with Crippen molar-refractivity contribution in [2.75, 3.05) is 0 Å². The average molecular weight is 345 g/mol. The Labute approximate surface area is 154 Å². The number of hydrogen-bond donors (Lipinski definition) is 0. The van der Waals surface area contributed by atoms with Gasteiger partial charge in [0.25, 0.3) is 0 Å². The summed E-state index contributed by atoms with van der Waals surface area (Å²) in [6, 6.07) is 0. The van der Waals surface area contributed by atoms with Crippen LogP contribution < -0.4 is 0 Å². The van der Waals surface area contributed by atoms with Gasteiger partial charge >= 0.3 is 0 Å². The zero-order chi connectivity index (χ0) is 18.9. The molecule has 1 aliphatic rings. The van der Waals surface area contributed by atoms with Gasteiger partial charge in [-0.1, -0.05) is 52.7 Å². The topological polar surface area (TPSA) is 34.1 Å². The Bertz CT molecular complexity index is 517. The van der Waals surface area contributed by atoms with E-state index in [0.717, 1.165) is 44.9 Å². The molecule has 140 valence electrons. The van der Waals surface area contributed by atoms with Gasteiger partial charge in [-0.05, 0) is 38.5 Å². The van der Waals surface area contributed by atoms with Gasteiger partial charge < -0.3 is 0 Å². The van der Waals surface area contributed by atoms with Gasteiger partial charge in [0.2, 0.25) is 0 Å². The molecule has 1 aliphatic carbocycles. The zero-order valence-electron chi connectivity index (χ0n) is 16.7. The molecule has 0 fully saturated rings. The van der Waals surface area contributed by atoms with Crippen molar-refractivity contribution in [2.24, 2.45) is 16.7 Å². The van der Waals surface area contributed by atoms with E-state index >= 15 is 0 Å². The van der Waals surface area contributed by atoms with E-state index in [-0.39, 0.29) is 22.9 Å². The Morgan fingerprint density at radius 1 is 1.00 bits per heavy atom. The minimum Gasteiger partial charge on any atom is -0.299 e. The number of terminal acetylenes is 1. The van der Waals surface area contributed by atoms with Gasteiger partial charge in [0.05, 0.1) is 0 Å². The molecule has 25 heavy (non-hydrogen) atoms. The first-order valence-corrected chi connectivity index (χ1v) is 9.87. The molecule has 0 radical (unpaired) electrons. The predicted octanol–water partition coefficient (Wildman–Crippen LogP) is 5.90. The number of hydrogen-bond acceptors (Lipinski definition) is 2. The molecule has 0 amide bonds. The molecule has 1 unspecified atom stereocenters. The van der Waals surface area contributed by atoms with Gasteiger partial charge in [0.1, 0.15) is 11.6 Å². The number of ketones is 2. The van der Waals surface area contributed by atoms with Gasteiger partial charge in [0.15, 0.2) is 0 Å². The Hall–Kier alpha value is -1.36. The average Bonchev–Trinajstić information content (AvgIpc) is 2.55. The zero-order valence-corrected chi connectivity index (χ0v) is 16.7. The quantitative estimate of drug-likeness (QED) is 0.438. The highest BCUT2D eigenvalue weighted by Crippen LogP contribution is 2.37.